The van der Waals surface area contributed by atoms with Crippen molar-refractivity contribution >= 4 is 17.7 Å². The lowest BCUT2D eigenvalue weighted by molar-refractivity contribution is -0.138. The zero-order valence-electron chi connectivity index (χ0n) is 12.1. The molecule has 0 radical (unpaired) electrons. The molecule has 3 rings (SSSR count). The Kier molecular flexibility index (Phi) is 3.97. The molecule has 0 aromatic heterocycles. The number of hydrogen-bond donors (Lipinski definition) is 1. The highest BCUT2D eigenvalue weighted by Crippen LogP contribution is 2.34. The second-order valence-corrected chi connectivity index (χ2v) is 5.21. The van der Waals surface area contributed by atoms with E-state index in [1.165, 1.54) is 18.2 Å². The van der Waals surface area contributed by atoms with Crippen LogP contribution < -0.4 is 4.90 Å². The summed E-state index contributed by atoms with van der Waals surface area (Å²) >= 11 is 0. The third-order valence-corrected chi connectivity index (χ3v) is 3.75. The van der Waals surface area contributed by atoms with E-state index in [0.29, 0.717) is 0 Å². The van der Waals surface area contributed by atoms with Gasteiger partial charge in [0.25, 0.3) is 0 Å². The number of ether oxygens (including phenoxy) is 1. The summed E-state index contributed by atoms with van der Waals surface area (Å²) in [6.07, 6.45) is -0.872. The Morgan fingerprint density at radius 2 is 1.91 bits per heavy atom. The van der Waals surface area contributed by atoms with Gasteiger partial charge >= 0.3 is 12.1 Å². The molecule has 0 saturated heterocycles. The van der Waals surface area contributed by atoms with Gasteiger partial charge in [-0.15, -0.1) is 0 Å². The molecule has 0 unspecified atom stereocenters. The predicted molar refractivity (Wildman–Crippen MR) is 80.6 cm³/mol. The number of hydrogen-bond acceptors (Lipinski definition) is 3. The SMILES string of the molecule is O=C(O)[C@H]1Cc2c(F)cccc2N1C(=O)OCc1ccccc1. The number of carbonyl (C=O) groups excluding carboxylic acids is 1. The highest BCUT2D eigenvalue weighted by molar-refractivity contribution is 5.98. The van der Waals surface area contributed by atoms with Crippen molar-refractivity contribution in [1.82, 2.24) is 0 Å². The average molecular weight is 315 g/mol. The molecule has 2 aromatic rings. The number of benzene rings is 2. The molecule has 1 atom stereocenters. The second kappa shape index (κ2) is 6.08. The highest BCUT2D eigenvalue weighted by atomic mass is 19.1. The third kappa shape index (κ3) is 2.88. The van der Waals surface area contributed by atoms with Crippen LogP contribution in [0.1, 0.15) is 11.1 Å². The molecular formula is C17H14FNO4. The molecule has 0 spiro atoms. The van der Waals surface area contributed by atoms with Gasteiger partial charge in [0.2, 0.25) is 0 Å². The highest BCUT2D eigenvalue weighted by Gasteiger charge is 2.40. The molecule has 6 heteroatoms. The molecule has 2 aromatic carbocycles. The van der Waals surface area contributed by atoms with E-state index < -0.39 is 23.9 Å². The number of fused-ring (bicyclic) bond motifs is 1. The minimum Gasteiger partial charge on any atom is -0.480 e. The summed E-state index contributed by atoms with van der Waals surface area (Å²) in [5.41, 5.74) is 1.25. The van der Waals surface area contributed by atoms with E-state index in [2.05, 4.69) is 0 Å². The first-order valence-corrected chi connectivity index (χ1v) is 7.08. The molecule has 1 aliphatic rings. The van der Waals surface area contributed by atoms with Crippen molar-refractivity contribution in [3.63, 3.8) is 0 Å². The first kappa shape index (κ1) is 15.0. The van der Waals surface area contributed by atoms with Gasteiger partial charge in [0.1, 0.15) is 18.5 Å². The van der Waals surface area contributed by atoms with Crippen LogP contribution in [0.3, 0.4) is 0 Å². The summed E-state index contributed by atoms with van der Waals surface area (Å²) in [5.74, 6) is -1.72. The number of anilines is 1. The number of amides is 1. The molecule has 1 aliphatic heterocycles. The van der Waals surface area contributed by atoms with E-state index in [1.807, 2.05) is 18.2 Å². The summed E-state index contributed by atoms with van der Waals surface area (Å²) in [4.78, 5) is 24.7. The van der Waals surface area contributed by atoms with Crippen LogP contribution in [-0.2, 0) is 22.6 Å². The van der Waals surface area contributed by atoms with Crippen molar-refractivity contribution in [2.75, 3.05) is 4.90 Å². The van der Waals surface area contributed by atoms with Gasteiger partial charge in [-0.1, -0.05) is 36.4 Å². The number of carboxylic acids is 1. The van der Waals surface area contributed by atoms with Gasteiger partial charge in [-0.3, -0.25) is 4.90 Å². The maximum absolute atomic E-state index is 13.8. The Labute approximate surface area is 131 Å². The van der Waals surface area contributed by atoms with E-state index in [1.54, 1.807) is 12.1 Å². The van der Waals surface area contributed by atoms with E-state index in [9.17, 15) is 19.1 Å². The van der Waals surface area contributed by atoms with Gasteiger partial charge < -0.3 is 9.84 Å². The smallest absolute Gasteiger partial charge is 0.415 e. The van der Waals surface area contributed by atoms with Crippen LogP contribution in [0, 0.1) is 5.82 Å². The first-order chi connectivity index (χ1) is 11.1. The van der Waals surface area contributed by atoms with Gasteiger partial charge in [-0.05, 0) is 17.7 Å². The van der Waals surface area contributed by atoms with Crippen molar-refractivity contribution in [3.8, 4) is 0 Å². The maximum atomic E-state index is 13.8. The molecule has 0 aliphatic carbocycles. The van der Waals surface area contributed by atoms with E-state index >= 15 is 0 Å². The standard InChI is InChI=1S/C17H14FNO4/c18-13-7-4-8-14-12(13)9-15(16(20)21)19(14)17(22)23-10-11-5-2-1-3-6-11/h1-8,15H,9-10H2,(H,20,21)/t15-/m1/s1. The molecular weight excluding hydrogens is 301 g/mol. The van der Waals surface area contributed by atoms with Gasteiger partial charge in [0.05, 0.1) is 5.69 Å². The molecule has 1 amide bonds. The molecule has 118 valence electrons. The summed E-state index contributed by atoms with van der Waals surface area (Å²) < 4.78 is 19.0. The maximum Gasteiger partial charge on any atom is 0.415 e. The van der Waals surface area contributed by atoms with Crippen LogP contribution in [0.5, 0.6) is 0 Å². The molecule has 0 fully saturated rings. The fraction of sp³-hybridized carbons (Fsp3) is 0.176. The van der Waals surface area contributed by atoms with Crippen molar-refractivity contribution < 1.29 is 23.8 Å². The van der Waals surface area contributed by atoms with Gasteiger partial charge in [0, 0.05) is 12.0 Å². The summed E-state index contributed by atoms with van der Waals surface area (Å²) in [6, 6.07) is 12.1. The number of rotatable bonds is 3. The van der Waals surface area contributed by atoms with Gasteiger partial charge in [-0.2, -0.15) is 0 Å². The third-order valence-electron chi connectivity index (χ3n) is 3.75. The summed E-state index contributed by atoms with van der Waals surface area (Å²) in [5, 5.41) is 9.31. The van der Waals surface area contributed by atoms with E-state index in [4.69, 9.17) is 4.74 Å². The fourth-order valence-corrected chi connectivity index (χ4v) is 2.64. The van der Waals surface area contributed by atoms with Crippen LogP contribution in [0.25, 0.3) is 0 Å². The summed E-state index contributed by atoms with van der Waals surface area (Å²) in [6.45, 7) is 0.0210. The van der Waals surface area contributed by atoms with Crippen LogP contribution in [0.2, 0.25) is 0 Å². The van der Waals surface area contributed by atoms with Crippen LogP contribution in [-0.4, -0.2) is 23.2 Å². The number of carbonyl (C=O) groups is 2. The van der Waals surface area contributed by atoms with Crippen LogP contribution in [0.15, 0.2) is 48.5 Å². The Hall–Kier alpha value is -2.89. The Morgan fingerprint density at radius 3 is 2.61 bits per heavy atom. The van der Waals surface area contributed by atoms with Crippen molar-refractivity contribution in [1.29, 1.82) is 0 Å². The lowest BCUT2D eigenvalue weighted by atomic mass is 10.1. The quantitative estimate of drug-likeness (QED) is 0.945. The monoisotopic (exact) mass is 315 g/mol. The van der Waals surface area contributed by atoms with Gasteiger partial charge in [0.15, 0.2) is 0 Å². The van der Waals surface area contributed by atoms with Crippen LogP contribution in [0.4, 0.5) is 14.9 Å². The summed E-state index contributed by atoms with van der Waals surface area (Å²) in [7, 11) is 0. The van der Waals surface area contributed by atoms with Crippen LogP contribution >= 0.6 is 0 Å². The van der Waals surface area contributed by atoms with Crippen molar-refractivity contribution in [2.45, 2.75) is 19.1 Å². The normalized spacial score (nSPS) is 16.0. The Bertz CT molecular complexity index is 748. The van der Waals surface area contributed by atoms with Crippen molar-refractivity contribution in [2.24, 2.45) is 0 Å². The topological polar surface area (TPSA) is 66.8 Å². The van der Waals surface area contributed by atoms with Gasteiger partial charge in [-0.25, -0.2) is 14.0 Å². The Morgan fingerprint density at radius 1 is 1.17 bits per heavy atom. The number of halogens is 1. The number of carboxylic acid groups (broad SMARTS) is 1. The fourth-order valence-electron chi connectivity index (χ4n) is 2.64. The zero-order valence-corrected chi connectivity index (χ0v) is 12.1. The minimum absolute atomic E-state index is 0.0210. The zero-order chi connectivity index (χ0) is 16.4. The Balaban J connectivity index is 1.83. The number of aliphatic carboxylic acids is 1. The average Bonchev–Trinajstić information content (AvgIpc) is 2.95. The van der Waals surface area contributed by atoms with Crippen molar-refractivity contribution in [3.05, 3.63) is 65.5 Å². The largest absolute Gasteiger partial charge is 0.480 e. The molecule has 0 bridgehead atoms. The van der Waals surface area contributed by atoms with E-state index in [0.717, 1.165) is 10.5 Å². The number of nitrogens with zero attached hydrogens (tertiary/aromatic N) is 1. The minimum atomic E-state index is -1.20. The predicted octanol–water partition coefficient (Wildman–Crippen LogP) is 2.98. The molecule has 5 nitrogen and oxygen atoms in total. The second-order valence-electron chi connectivity index (χ2n) is 5.21. The van der Waals surface area contributed by atoms with E-state index in [-0.39, 0.29) is 24.3 Å². The molecule has 0 saturated carbocycles. The first-order valence-electron chi connectivity index (χ1n) is 7.08. The molecule has 1 heterocycles. The molecule has 1 N–H and O–H groups in total. The lowest BCUT2D eigenvalue weighted by Gasteiger charge is -2.22. The molecule has 23 heavy (non-hydrogen) atoms. The lowest BCUT2D eigenvalue weighted by Crippen LogP contribution is -2.43.